The average molecular weight is 300 g/mol. The van der Waals surface area contributed by atoms with Crippen molar-refractivity contribution in [3.8, 4) is 6.07 Å². The Labute approximate surface area is 129 Å². The molecule has 1 fully saturated rings. The Morgan fingerprint density at radius 1 is 1.36 bits per heavy atom. The molecule has 1 saturated carbocycles. The summed E-state index contributed by atoms with van der Waals surface area (Å²) >= 11 is 0. The van der Waals surface area contributed by atoms with Crippen molar-refractivity contribution in [3.05, 3.63) is 29.3 Å². The van der Waals surface area contributed by atoms with Gasteiger partial charge in [-0.1, -0.05) is 6.07 Å². The van der Waals surface area contributed by atoms with E-state index in [0.717, 1.165) is 18.4 Å². The third-order valence-corrected chi connectivity index (χ3v) is 4.01. The van der Waals surface area contributed by atoms with E-state index in [2.05, 4.69) is 16.7 Å². The lowest BCUT2D eigenvalue weighted by molar-refractivity contribution is -0.120. The van der Waals surface area contributed by atoms with Crippen molar-refractivity contribution in [2.24, 2.45) is 5.73 Å². The zero-order valence-corrected chi connectivity index (χ0v) is 12.6. The van der Waals surface area contributed by atoms with E-state index in [4.69, 9.17) is 5.73 Å². The van der Waals surface area contributed by atoms with Gasteiger partial charge in [-0.2, -0.15) is 5.26 Å². The molecule has 1 aliphatic carbocycles. The molecule has 6 heteroatoms. The van der Waals surface area contributed by atoms with Crippen molar-refractivity contribution in [1.82, 2.24) is 5.32 Å². The summed E-state index contributed by atoms with van der Waals surface area (Å²) in [6, 6.07) is 7.26. The second kappa shape index (κ2) is 6.48. The molecule has 0 saturated heterocycles. The summed E-state index contributed by atoms with van der Waals surface area (Å²) in [5.74, 6) is -0.741. The monoisotopic (exact) mass is 300 g/mol. The van der Waals surface area contributed by atoms with Gasteiger partial charge in [0.1, 0.15) is 5.54 Å². The number of nitrogens with one attached hydrogen (secondary N) is 2. The fourth-order valence-corrected chi connectivity index (χ4v) is 2.70. The van der Waals surface area contributed by atoms with Crippen LogP contribution >= 0.6 is 0 Å². The highest BCUT2D eigenvalue weighted by Crippen LogP contribution is 2.28. The van der Waals surface area contributed by atoms with E-state index in [1.54, 1.807) is 18.2 Å². The van der Waals surface area contributed by atoms with E-state index in [-0.39, 0.29) is 12.5 Å². The first-order chi connectivity index (χ1) is 10.5. The molecular weight excluding hydrogens is 280 g/mol. The van der Waals surface area contributed by atoms with Crippen LogP contribution in [0, 0.1) is 18.3 Å². The van der Waals surface area contributed by atoms with Gasteiger partial charge in [-0.05, 0) is 50.3 Å². The molecule has 22 heavy (non-hydrogen) atoms. The molecule has 2 amide bonds. The fourth-order valence-electron chi connectivity index (χ4n) is 2.70. The summed E-state index contributed by atoms with van der Waals surface area (Å²) in [6.45, 7) is 1.92. The maximum atomic E-state index is 12.1. The lowest BCUT2D eigenvalue weighted by Crippen LogP contribution is -2.47. The minimum atomic E-state index is -0.719. The molecule has 116 valence electrons. The number of aryl methyl sites for hydroxylation is 1. The van der Waals surface area contributed by atoms with Crippen LogP contribution in [0.1, 0.15) is 41.6 Å². The highest BCUT2D eigenvalue weighted by Gasteiger charge is 2.35. The predicted molar refractivity (Wildman–Crippen MR) is 83.1 cm³/mol. The highest BCUT2D eigenvalue weighted by atomic mass is 16.2. The number of carbonyl (C=O) groups excluding carboxylic acids is 2. The van der Waals surface area contributed by atoms with Gasteiger partial charge in [0.05, 0.1) is 12.6 Å². The van der Waals surface area contributed by atoms with Gasteiger partial charge in [-0.25, -0.2) is 0 Å². The van der Waals surface area contributed by atoms with Gasteiger partial charge >= 0.3 is 0 Å². The quantitative estimate of drug-likeness (QED) is 0.765. The van der Waals surface area contributed by atoms with E-state index in [1.165, 1.54) is 0 Å². The normalized spacial score (nSPS) is 15.8. The molecule has 6 nitrogen and oxygen atoms in total. The van der Waals surface area contributed by atoms with Gasteiger partial charge in [0.15, 0.2) is 0 Å². The van der Waals surface area contributed by atoms with Gasteiger partial charge in [0.2, 0.25) is 11.8 Å². The Bertz CT molecular complexity index is 628. The van der Waals surface area contributed by atoms with Gasteiger partial charge in [0, 0.05) is 11.3 Å². The number of amides is 2. The van der Waals surface area contributed by atoms with Gasteiger partial charge in [0.25, 0.3) is 0 Å². The Morgan fingerprint density at radius 2 is 2.05 bits per heavy atom. The van der Waals surface area contributed by atoms with E-state index < -0.39 is 11.4 Å². The molecule has 2 rings (SSSR count). The molecule has 0 aromatic heterocycles. The van der Waals surface area contributed by atoms with Gasteiger partial charge in [-0.3, -0.25) is 9.59 Å². The summed E-state index contributed by atoms with van der Waals surface area (Å²) in [6.07, 6.45) is 3.32. The van der Waals surface area contributed by atoms with Crippen LogP contribution in [-0.2, 0) is 4.79 Å². The third kappa shape index (κ3) is 3.55. The molecule has 0 unspecified atom stereocenters. The molecule has 0 bridgehead atoms. The van der Waals surface area contributed by atoms with Crippen LogP contribution in [0.3, 0.4) is 0 Å². The minimum absolute atomic E-state index is 0.0481. The lowest BCUT2D eigenvalue weighted by atomic mass is 10.00. The maximum Gasteiger partial charge on any atom is 0.248 e. The molecular formula is C16H20N4O2. The fraction of sp³-hybridized carbons (Fsp3) is 0.438. The number of primary amides is 1. The van der Waals surface area contributed by atoms with E-state index >= 15 is 0 Å². The third-order valence-electron chi connectivity index (χ3n) is 4.01. The molecule has 1 aliphatic rings. The lowest BCUT2D eigenvalue weighted by Gasteiger charge is -2.22. The standard InChI is InChI=1S/C16H20N4O2/c1-11-4-5-12(15(18)22)8-13(11)19-9-14(21)20-16(10-17)6-2-3-7-16/h4-5,8,19H,2-3,6-7,9H2,1H3,(H2,18,22)(H,20,21). The number of hydrogen-bond acceptors (Lipinski definition) is 4. The number of benzene rings is 1. The topological polar surface area (TPSA) is 108 Å². The molecule has 1 aromatic carbocycles. The molecule has 0 heterocycles. The SMILES string of the molecule is Cc1ccc(C(N)=O)cc1NCC(=O)NC1(C#N)CCCC1. The number of anilines is 1. The van der Waals surface area contributed by atoms with E-state index in [9.17, 15) is 14.9 Å². The molecule has 0 atom stereocenters. The van der Waals surface area contributed by atoms with Crippen molar-refractivity contribution in [2.45, 2.75) is 38.1 Å². The molecule has 4 N–H and O–H groups in total. The Morgan fingerprint density at radius 3 is 2.64 bits per heavy atom. The van der Waals surface area contributed by atoms with Crippen molar-refractivity contribution in [2.75, 3.05) is 11.9 Å². The van der Waals surface area contributed by atoms with Crippen LogP contribution in [0.15, 0.2) is 18.2 Å². The molecule has 0 aliphatic heterocycles. The van der Waals surface area contributed by atoms with E-state index in [1.807, 2.05) is 6.92 Å². The van der Waals surface area contributed by atoms with Crippen molar-refractivity contribution >= 4 is 17.5 Å². The average Bonchev–Trinajstić information content (AvgIpc) is 2.95. The molecule has 0 spiro atoms. The van der Waals surface area contributed by atoms with Crippen molar-refractivity contribution in [3.63, 3.8) is 0 Å². The summed E-state index contributed by atoms with van der Waals surface area (Å²) in [7, 11) is 0. The molecule has 1 aromatic rings. The summed E-state index contributed by atoms with van der Waals surface area (Å²) in [5.41, 5.74) is 6.51. The van der Waals surface area contributed by atoms with Crippen LogP contribution in [0.5, 0.6) is 0 Å². The van der Waals surface area contributed by atoms with Crippen LogP contribution in [0.2, 0.25) is 0 Å². The maximum absolute atomic E-state index is 12.1. The van der Waals surface area contributed by atoms with Crippen molar-refractivity contribution < 1.29 is 9.59 Å². The minimum Gasteiger partial charge on any atom is -0.376 e. The summed E-state index contributed by atoms with van der Waals surface area (Å²) < 4.78 is 0. The van der Waals surface area contributed by atoms with Gasteiger partial charge in [-0.15, -0.1) is 0 Å². The first kappa shape index (κ1) is 15.8. The number of nitrogens with zero attached hydrogens (tertiary/aromatic N) is 1. The summed E-state index contributed by atoms with van der Waals surface area (Å²) in [4.78, 5) is 23.2. The van der Waals surface area contributed by atoms with E-state index in [0.29, 0.717) is 24.1 Å². The molecule has 0 radical (unpaired) electrons. The number of nitrogens with two attached hydrogens (primary N) is 1. The predicted octanol–water partition coefficient (Wildman–Crippen LogP) is 1.46. The number of nitriles is 1. The zero-order chi connectivity index (χ0) is 16.2. The highest BCUT2D eigenvalue weighted by molar-refractivity contribution is 5.94. The Kier molecular flexibility index (Phi) is 4.66. The first-order valence-corrected chi connectivity index (χ1v) is 7.32. The van der Waals surface area contributed by atoms with Crippen LogP contribution in [-0.4, -0.2) is 23.9 Å². The number of rotatable bonds is 5. The Hall–Kier alpha value is -2.55. The second-order valence-corrected chi connectivity index (χ2v) is 5.70. The zero-order valence-electron chi connectivity index (χ0n) is 12.6. The first-order valence-electron chi connectivity index (χ1n) is 7.32. The van der Waals surface area contributed by atoms with Crippen molar-refractivity contribution in [1.29, 1.82) is 5.26 Å². The second-order valence-electron chi connectivity index (χ2n) is 5.70. The summed E-state index contributed by atoms with van der Waals surface area (Å²) in [5, 5.41) is 15.1. The van der Waals surface area contributed by atoms with Gasteiger partial charge < -0.3 is 16.4 Å². The largest absolute Gasteiger partial charge is 0.376 e. The number of hydrogen-bond donors (Lipinski definition) is 3. The van der Waals surface area contributed by atoms with Crippen LogP contribution in [0.25, 0.3) is 0 Å². The van der Waals surface area contributed by atoms with Crippen LogP contribution in [0.4, 0.5) is 5.69 Å². The van der Waals surface area contributed by atoms with Crippen LogP contribution < -0.4 is 16.4 Å². The smallest absolute Gasteiger partial charge is 0.248 e. The number of carbonyl (C=O) groups is 2. The Balaban J connectivity index is 1.98.